The van der Waals surface area contributed by atoms with Crippen LogP contribution in [-0.2, 0) is 6.54 Å². The molecule has 1 N–H and O–H groups in total. The van der Waals surface area contributed by atoms with Crippen LogP contribution < -0.4 is 0 Å². The first-order valence-corrected chi connectivity index (χ1v) is 8.10. The van der Waals surface area contributed by atoms with Gasteiger partial charge in [-0.05, 0) is 29.7 Å². The molecule has 1 aliphatic rings. The van der Waals surface area contributed by atoms with E-state index in [2.05, 4.69) is 74.3 Å². The Morgan fingerprint density at radius 2 is 1.55 bits per heavy atom. The highest BCUT2D eigenvalue weighted by Crippen LogP contribution is 2.49. The van der Waals surface area contributed by atoms with Crippen molar-refractivity contribution in [2.24, 2.45) is 11.8 Å². The predicted octanol–water partition coefficient (Wildman–Crippen LogP) is 4.18. The lowest BCUT2D eigenvalue weighted by Crippen LogP contribution is -2.31. The average molecular weight is 295 g/mol. The number of nitrogens with zero attached hydrogens (tertiary/aromatic N) is 1. The quantitative estimate of drug-likeness (QED) is 0.914. The first-order chi connectivity index (χ1) is 10.6. The highest BCUT2D eigenvalue weighted by Gasteiger charge is 2.42. The van der Waals surface area contributed by atoms with Gasteiger partial charge in [0.15, 0.2) is 0 Å². The number of hydrogen-bond acceptors (Lipinski definition) is 2. The maximum atomic E-state index is 10.8. The van der Waals surface area contributed by atoms with Gasteiger partial charge >= 0.3 is 0 Å². The van der Waals surface area contributed by atoms with Crippen molar-refractivity contribution < 1.29 is 5.11 Å². The molecule has 2 nitrogen and oxygen atoms in total. The van der Waals surface area contributed by atoms with Gasteiger partial charge in [-0.2, -0.15) is 0 Å². The van der Waals surface area contributed by atoms with Crippen molar-refractivity contribution in [3.05, 3.63) is 71.3 Å². The van der Waals surface area contributed by atoms with Gasteiger partial charge in [0.25, 0.3) is 0 Å². The fourth-order valence-corrected chi connectivity index (χ4v) is 3.87. The minimum absolute atomic E-state index is 0.242. The van der Waals surface area contributed by atoms with Crippen molar-refractivity contribution >= 4 is 0 Å². The van der Waals surface area contributed by atoms with Crippen LogP contribution in [-0.4, -0.2) is 17.1 Å². The van der Waals surface area contributed by atoms with E-state index < -0.39 is 0 Å². The van der Waals surface area contributed by atoms with Crippen LogP contribution in [0.3, 0.4) is 0 Å². The van der Waals surface area contributed by atoms with Crippen molar-refractivity contribution in [1.29, 1.82) is 0 Å². The Morgan fingerprint density at radius 1 is 0.955 bits per heavy atom. The average Bonchev–Trinajstić information content (AvgIpc) is 2.82. The molecule has 0 amide bonds. The molecule has 0 saturated carbocycles. The first kappa shape index (κ1) is 15.3. The summed E-state index contributed by atoms with van der Waals surface area (Å²) in [5.74, 6) is 0.678. The molecule has 3 unspecified atom stereocenters. The van der Waals surface area contributed by atoms with Crippen LogP contribution in [0.25, 0.3) is 0 Å². The van der Waals surface area contributed by atoms with Crippen molar-refractivity contribution in [1.82, 2.24) is 4.90 Å². The minimum atomic E-state index is -0.362. The highest BCUT2D eigenvalue weighted by molar-refractivity contribution is 5.38. The third kappa shape index (κ3) is 2.69. The van der Waals surface area contributed by atoms with Gasteiger partial charge in [-0.15, -0.1) is 0 Å². The van der Waals surface area contributed by atoms with Gasteiger partial charge < -0.3 is 5.11 Å². The fourth-order valence-electron chi connectivity index (χ4n) is 3.87. The maximum absolute atomic E-state index is 10.8. The molecule has 0 aliphatic heterocycles. The Balaban J connectivity index is 1.92. The Morgan fingerprint density at radius 3 is 2.18 bits per heavy atom. The Kier molecular flexibility index (Phi) is 4.32. The van der Waals surface area contributed by atoms with Gasteiger partial charge in [0, 0.05) is 18.5 Å². The standard InChI is InChI=1S/C20H25NO/c1-14(2)18-19(16-11-7-8-12-17(16)20(18)22)21(3)13-15-9-5-4-6-10-15/h4-12,14,18-20,22H,13H2,1-3H3. The predicted molar refractivity (Wildman–Crippen MR) is 90.4 cm³/mol. The van der Waals surface area contributed by atoms with E-state index in [-0.39, 0.29) is 18.1 Å². The van der Waals surface area contributed by atoms with Crippen LogP contribution in [0.2, 0.25) is 0 Å². The summed E-state index contributed by atoms with van der Waals surface area (Å²) in [7, 11) is 2.17. The molecule has 1 aliphatic carbocycles. The lowest BCUT2D eigenvalue weighted by Gasteiger charge is -2.33. The smallest absolute Gasteiger partial charge is 0.0842 e. The molecule has 2 aromatic rings. The van der Waals surface area contributed by atoms with E-state index in [1.807, 2.05) is 6.07 Å². The molecule has 0 fully saturated rings. The topological polar surface area (TPSA) is 23.5 Å². The zero-order chi connectivity index (χ0) is 15.7. The molecule has 0 heterocycles. The number of hydrogen-bond donors (Lipinski definition) is 1. The van der Waals surface area contributed by atoms with Crippen LogP contribution in [0.15, 0.2) is 54.6 Å². The van der Waals surface area contributed by atoms with Crippen LogP contribution in [0.4, 0.5) is 0 Å². The number of benzene rings is 2. The maximum Gasteiger partial charge on any atom is 0.0842 e. The molecular weight excluding hydrogens is 270 g/mol. The van der Waals surface area contributed by atoms with Crippen LogP contribution in [0, 0.1) is 11.8 Å². The monoisotopic (exact) mass is 295 g/mol. The van der Waals surface area contributed by atoms with Gasteiger partial charge in [0.2, 0.25) is 0 Å². The Labute approximate surface area is 133 Å². The molecular formula is C20H25NO. The second-order valence-electron chi connectivity index (χ2n) is 6.74. The van der Waals surface area contributed by atoms with Gasteiger partial charge in [-0.3, -0.25) is 4.90 Å². The van der Waals surface area contributed by atoms with Crippen LogP contribution in [0.1, 0.15) is 42.7 Å². The summed E-state index contributed by atoms with van der Waals surface area (Å²) in [5.41, 5.74) is 3.70. The zero-order valence-corrected chi connectivity index (χ0v) is 13.6. The number of aliphatic hydroxyl groups is 1. The first-order valence-electron chi connectivity index (χ1n) is 8.10. The summed E-state index contributed by atoms with van der Waals surface area (Å²) in [5, 5.41) is 10.8. The number of aliphatic hydroxyl groups excluding tert-OH is 1. The molecule has 0 saturated heterocycles. The van der Waals surface area contributed by atoms with Crippen molar-refractivity contribution in [2.45, 2.75) is 32.5 Å². The zero-order valence-electron chi connectivity index (χ0n) is 13.6. The molecule has 116 valence electrons. The molecule has 22 heavy (non-hydrogen) atoms. The lowest BCUT2D eigenvalue weighted by atomic mass is 9.86. The molecule has 2 heteroatoms. The SMILES string of the molecule is CC(C)C1C(O)c2ccccc2C1N(C)Cc1ccccc1. The lowest BCUT2D eigenvalue weighted by molar-refractivity contribution is 0.0375. The number of rotatable bonds is 4. The van der Waals surface area contributed by atoms with E-state index in [0.29, 0.717) is 5.92 Å². The third-order valence-corrected chi connectivity index (χ3v) is 4.88. The van der Waals surface area contributed by atoms with E-state index in [4.69, 9.17) is 0 Å². The molecule has 3 atom stereocenters. The second kappa shape index (κ2) is 6.23. The summed E-state index contributed by atoms with van der Waals surface area (Å²) in [6, 6.07) is 19.2. The van der Waals surface area contributed by atoms with Gasteiger partial charge in [-0.1, -0.05) is 68.4 Å². The van der Waals surface area contributed by atoms with Crippen molar-refractivity contribution in [3.8, 4) is 0 Å². The second-order valence-corrected chi connectivity index (χ2v) is 6.74. The third-order valence-electron chi connectivity index (χ3n) is 4.88. The number of fused-ring (bicyclic) bond motifs is 1. The van der Waals surface area contributed by atoms with Crippen molar-refractivity contribution in [3.63, 3.8) is 0 Å². The van der Waals surface area contributed by atoms with E-state index in [0.717, 1.165) is 12.1 Å². The minimum Gasteiger partial charge on any atom is -0.388 e. The molecule has 2 aromatic carbocycles. The Hall–Kier alpha value is -1.64. The van der Waals surface area contributed by atoms with Gasteiger partial charge in [0.1, 0.15) is 0 Å². The molecule has 0 bridgehead atoms. The van der Waals surface area contributed by atoms with Gasteiger partial charge in [0.05, 0.1) is 6.10 Å². The molecule has 3 rings (SSSR count). The summed E-state index contributed by atoms with van der Waals surface area (Å²) in [6.07, 6.45) is -0.362. The summed E-state index contributed by atoms with van der Waals surface area (Å²) in [4.78, 5) is 2.38. The highest BCUT2D eigenvalue weighted by atomic mass is 16.3. The molecule has 0 spiro atoms. The Bertz CT molecular complexity index is 623. The fraction of sp³-hybridized carbons (Fsp3) is 0.400. The van der Waals surface area contributed by atoms with E-state index in [9.17, 15) is 5.11 Å². The van der Waals surface area contributed by atoms with E-state index in [1.54, 1.807) is 0 Å². The van der Waals surface area contributed by atoms with Gasteiger partial charge in [-0.25, -0.2) is 0 Å². The summed E-state index contributed by atoms with van der Waals surface area (Å²) >= 11 is 0. The van der Waals surface area contributed by atoms with E-state index >= 15 is 0 Å². The molecule has 0 radical (unpaired) electrons. The molecule has 0 aromatic heterocycles. The summed E-state index contributed by atoms with van der Waals surface area (Å²) in [6.45, 7) is 5.32. The summed E-state index contributed by atoms with van der Waals surface area (Å²) < 4.78 is 0. The van der Waals surface area contributed by atoms with Crippen LogP contribution in [0.5, 0.6) is 0 Å². The van der Waals surface area contributed by atoms with Crippen molar-refractivity contribution in [2.75, 3.05) is 7.05 Å². The normalized spacial score (nSPS) is 24.0. The largest absolute Gasteiger partial charge is 0.388 e. The van der Waals surface area contributed by atoms with Crippen LogP contribution >= 0.6 is 0 Å². The van der Waals surface area contributed by atoms with E-state index in [1.165, 1.54) is 11.1 Å².